The Morgan fingerprint density at radius 1 is 1.36 bits per heavy atom. The summed E-state index contributed by atoms with van der Waals surface area (Å²) in [6, 6.07) is 6.87. The molecule has 1 aromatic heterocycles. The molecule has 1 aliphatic rings. The average Bonchev–Trinajstić information content (AvgIpc) is 3.04. The van der Waals surface area contributed by atoms with E-state index in [0.29, 0.717) is 12.5 Å². The monoisotopic (exact) mass is 320 g/mol. The summed E-state index contributed by atoms with van der Waals surface area (Å²) >= 11 is 0. The lowest BCUT2D eigenvalue weighted by atomic mass is 10.0. The average molecular weight is 320 g/mol. The number of likely N-dealkylation sites (tertiary alicyclic amines) is 1. The molecule has 0 amide bonds. The molecule has 120 valence electrons. The molecular weight excluding hydrogens is 296 g/mol. The van der Waals surface area contributed by atoms with E-state index in [9.17, 15) is 8.42 Å². The van der Waals surface area contributed by atoms with E-state index in [2.05, 4.69) is 35.3 Å². The highest BCUT2D eigenvalue weighted by Crippen LogP contribution is 2.25. The first-order chi connectivity index (χ1) is 10.4. The normalized spacial score (nSPS) is 20.0. The van der Waals surface area contributed by atoms with Crippen LogP contribution in [0.15, 0.2) is 24.4 Å². The van der Waals surface area contributed by atoms with Crippen LogP contribution in [0.25, 0.3) is 10.9 Å². The van der Waals surface area contributed by atoms with Crippen LogP contribution in [0.1, 0.15) is 24.0 Å². The van der Waals surface area contributed by atoms with Crippen molar-refractivity contribution in [2.45, 2.75) is 31.7 Å². The maximum absolute atomic E-state index is 11.3. The quantitative estimate of drug-likeness (QED) is 0.920. The molecule has 0 aliphatic carbocycles. The van der Waals surface area contributed by atoms with Crippen molar-refractivity contribution in [3.63, 3.8) is 0 Å². The number of aromatic amines is 1. The lowest BCUT2D eigenvalue weighted by Gasteiger charge is -2.18. The van der Waals surface area contributed by atoms with Crippen molar-refractivity contribution in [2.75, 3.05) is 25.6 Å². The number of hydrogen-bond donors (Lipinski definition) is 1. The predicted octanol–water partition coefficient (Wildman–Crippen LogP) is 2.39. The van der Waals surface area contributed by atoms with Crippen molar-refractivity contribution in [1.29, 1.82) is 0 Å². The molecule has 3 rings (SSSR count). The van der Waals surface area contributed by atoms with Crippen molar-refractivity contribution in [3.8, 4) is 0 Å². The molecule has 0 spiro atoms. The third-order valence-electron chi connectivity index (χ3n) is 4.72. The standard InChI is InChI=1S/C17H24N2O2S/c1-19-8-3-4-15(19)11-14-12-18-17-6-5-13(10-16(14)17)7-9-22(2,20)21/h5-6,10,12,15,18H,3-4,7-9,11H2,1-2H3. The predicted molar refractivity (Wildman–Crippen MR) is 91.1 cm³/mol. The lowest BCUT2D eigenvalue weighted by molar-refractivity contribution is 0.310. The molecule has 1 saturated heterocycles. The van der Waals surface area contributed by atoms with Crippen LogP contribution >= 0.6 is 0 Å². The third kappa shape index (κ3) is 3.52. The number of fused-ring (bicyclic) bond motifs is 1. The Hall–Kier alpha value is -1.33. The SMILES string of the molecule is CN1CCCC1Cc1c[nH]c2ccc(CCS(C)(=O)=O)cc12. The minimum atomic E-state index is -2.91. The van der Waals surface area contributed by atoms with E-state index in [1.165, 1.54) is 36.6 Å². The maximum Gasteiger partial charge on any atom is 0.147 e. The second-order valence-electron chi connectivity index (χ2n) is 6.55. The second kappa shape index (κ2) is 6.05. The summed E-state index contributed by atoms with van der Waals surface area (Å²) < 4.78 is 22.7. The first-order valence-corrected chi connectivity index (χ1v) is 9.95. The molecule has 1 N–H and O–H groups in total. The first kappa shape index (κ1) is 15.6. The first-order valence-electron chi connectivity index (χ1n) is 7.89. The number of nitrogens with zero attached hydrogens (tertiary/aromatic N) is 1. The lowest BCUT2D eigenvalue weighted by Crippen LogP contribution is -2.26. The van der Waals surface area contributed by atoms with E-state index >= 15 is 0 Å². The fraction of sp³-hybridized carbons (Fsp3) is 0.529. The summed E-state index contributed by atoms with van der Waals surface area (Å²) in [4.78, 5) is 5.78. The Morgan fingerprint density at radius 3 is 2.86 bits per heavy atom. The van der Waals surface area contributed by atoms with Crippen LogP contribution in [0.5, 0.6) is 0 Å². The summed E-state index contributed by atoms with van der Waals surface area (Å²) in [6.45, 7) is 1.19. The van der Waals surface area contributed by atoms with E-state index in [-0.39, 0.29) is 5.75 Å². The topological polar surface area (TPSA) is 53.2 Å². The van der Waals surface area contributed by atoms with Gasteiger partial charge in [0.25, 0.3) is 0 Å². The summed E-state index contributed by atoms with van der Waals surface area (Å²) in [5.41, 5.74) is 3.58. The van der Waals surface area contributed by atoms with Gasteiger partial charge in [-0.3, -0.25) is 0 Å². The van der Waals surface area contributed by atoms with Crippen LogP contribution in [-0.2, 0) is 22.7 Å². The number of H-pyrrole nitrogens is 1. The van der Waals surface area contributed by atoms with Gasteiger partial charge in [0.15, 0.2) is 0 Å². The van der Waals surface area contributed by atoms with Crippen molar-refractivity contribution in [2.24, 2.45) is 0 Å². The Bertz CT molecular complexity index is 764. The Kier molecular flexibility index (Phi) is 4.28. The minimum absolute atomic E-state index is 0.212. The van der Waals surface area contributed by atoms with Gasteiger partial charge >= 0.3 is 0 Å². The molecule has 1 atom stereocenters. The molecule has 0 radical (unpaired) electrons. The molecule has 1 aromatic carbocycles. The van der Waals surface area contributed by atoms with Gasteiger partial charge in [-0.2, -0.15) is 0 Å². The minimum Gasteiger partial charge on any atom is -0.361 e. The van der Waals surface area contributed by atoms with Crippen LogP contribution in [0.3, 0.4) is 0 Å². The molecule has 0 bridgehead atoms. The number of likely N-dealkylation sites (N-methyl/N-ethyl adjacent to an activating group) is 1. The Labute approximate surface area is 132 Å². The Balaban J connectivity index is 1.82. The Morgan fingerprint density at radius 2 is 2.18 bits per heavy atom. The molecule has 22 heavy (non-hydrogen) atoms. The second-order valence-corrected chi connectivity index (χ2v) is 8.81. The zero-order valence-electron chi connectivity index (χ0n) is 13.3. The number of nitrogens with one attached hydrogen (secondary N) is 1. The largest absolute Gasteiger partial charge is 0.361 e. The summed E-state index contributed by atoms with van der Waals surface area (Å²) in [6.07, 6.45) is 7.59. The number of hydrogen-bond acceptors (Lipinski definition) is 3. The summed E-state index contributed by atoms with van der Waals surface area (Å²) in [5, 5.41) is 1.24. The van der Waals surface area contributed by atoms with Gasteiger partial charge in [0, 0.05) is 29.4 Å². The van der Waals surface area contributed by atoms with Gasteiger partial charge in [-0.05, 0) is 62.5 Å². The number of aromatic nitrogens is 1. The summed E-state index contributed by atoms with van der Waals surface area (Å²) in [5.74, 6) is 0.212. The zero-order valence-corrected chi connectivity index (χ0v) is 14.1. The highest BCUT2D eigenvalue weighted by atomic mass is 32.2. The van der Waals surface area contributed by atoms with Gasteiger partial charge < -0.3 is 9.88 Å². The zero-order chi connectivity index (χ0) is 15.7. The molecule has 1 fully saturated rings. The molecule has 1 aliphatic heterocycles. The third-order valence-corrected chi connectivity index (χ3v) is 5.67. The molecular formula is C17H24N2O2S. The molecule has 2 aromatic rings. The van der Waals surface area contributed by atoms with Gasteiger partial charge in [0.2, 0.25) is 0 Å². The van der Waals surface area contributed by atoms with Gasteiger partial charge in [0.1, 0.15) is 9.84 Å². The maximum atomic E-state index is 11.3. The summed E-state index contributed by atoms with van der Waals surface area (Å²) in [7, 11) is -0.714. The van der Waals surface area contributed by atoms with Gasteiger partial charge in [-0.15, -0.1) is 0 Å². The molecule has 5 heteroatoms. The van der Waals surface area contributed by atoms with Crippen molar-refractivity contribution in [3.05, 3.63) is 35.5 Å². The van der Waals surface area contributed by atoms with Crippen LogP contribution in [-0.4, -0.2) is 49.9 Å². The van der Waals surface area contributed by atoms with Crippen LogP contribution < -0.4 is 0 Å². The van der Waals surface area contributed by atoms with Crippen molar-refractivity contribution < 1.29 is 8.42 Å². The number of aryl methyl sites for hydroxylation is 1. The van der Waals surface area contributed by atoms with Crippen LogP contribution in [0, 0.1) is 0 Å². The fourth-order valence-electron chi connectivity index (χ4n) is 3.34. The van der Waals surface area contributed by atoms with E-state index in [1.807, 2.05) is 6.07 Å². The van der Waals surface area contributed by atoms with Crippen LogP contribution in [0.2, 0.25) is 0 Å². The number of rotatable bonds is 5. The van der Waals surface area contributed by atoms with Gasteiger partial charge in [-0.1, -0.05) is 6.07 Å². The van der Waals surface area contributed by atoms with Gasteiger partial charge in [0.05, 0.1) is 5.75 Å². The fourth-order valence-corrected chi connectivity index (χ4v) is 3.95. The smallest absolute Gasteiger partial charge is 0.147 e. The molecule has 4 nitrogen and oxygen atoms in total. The van der Waals surface area contributed by atoms with Crippen LogP contribution in [0.4, 0.5) is 0 Å². The van der Waals surface area contributed by atoms with Crippen molar-refractivity contribution in [1.82, 2.24) is 9.88 Å². The van der Waals surface area contributed by atoms with Crippen molar-refractivity contribution >= 4 is 20.7 Å². The van der Waals surface area contributed by atoms with Gasteiger partial charge in [-0.25, -0.2) is 8.42 Å². The molecule has 2 heterocycles. The number of benzene rings is 1. The highest BCUT2D eigenvalue weighted by Gasteiger charge is 2.22. The number of sulfone groups is 1. The van der Waals surface area contributed by atoms with E-state index in [1.54, 1.807) is 0 Å². The van der Waals surface area contributed by atoms with E-state index in [4.69, 9.17) is 0 Å². The van der Waals surface area contributed by atoms with E-state index in [0.717, 1.165) is 17.5 Å². The highest BCUT2D eigenvalue weighted by molar-refractivity contribution is 7.90. The van der Waals surface area contributed by atoms with E-state index < -0.39 is 9.84 Å². The molecule has 0 saturated carbocycles. The molecule has 1 unspecified atom stereocenters.